The molecule has 286 valence electrons. The first-order valence-corrected chi connectivity index (χ1v) is 22.3. The highest BCUT2D eigenvalue weighted by Gasteiger charge is 2.53. The van der Waals surface area contributed by atoms with Crippen LogP contribution in [0.4, 0.5) is 17.1 Å². The fourth-order valence-electron chi connectivity index (χ4n) is 11.3. The maximum atomic E-state index is 5.71. The molecule has 0 bridgehead atoms. The van der Waals surface area contributed by atoms with Crippen molar-refractivity contribution >= 4 is 55.5 Å². The molecule has 0 radical (unpaired) electrons. The van der Waals surface area contributed by atoms with E-state index >= 15 is 0 Å². The summed E-state index contributed by atoms with van der Waals surface area (Å²) in [6.07, 6.45) is 38.8. The third-order valence-electron chi connectivity index (χ3n) is 14.1. The lowest BCUT2D eigenvalue weighted by molar-refractivity contribution is 0.0859. The van der Waals surface area contributed by atoms with Gasteiger partial charge in [0.15, 0.2) is 6.17 Å². The predicted molar refractivity (Wildman–Crippen MR) is 245 cm³/mol. The van der Waals surface area contributed by atoms with E-state index in [1.165, 1.54) is 76.7 Å². The lowest BCUT2D eigenvalue weighted by atomic mass is 9.72. The molecule has 12 rings (SSSR count). The molecule has 0 amide bonds. The van der Waals surface area contributed by atoms with Gasteiger partial charge in [-0.05, 0) is 122 Å². The smallest absolute Gasteiger partial charge is 0.161 e. The van der Waals surface area contributed by atoms with Crippen LogP contribution >= 0.6 is 11.3 Å². The van der Waals surface area contributed by atoms with Crippen molar-refractivity contribution in [3.05, 3.63) is 184 Å². The Morgan fingerprint density at radius 2 is 1.60 bits per heavy atom. The van der Waals surface area contributed by atoms with Crippen LogP contribution in [0.25, 0.3) is 21.2 Å². The third-order valence-corrected chi connectivity index (χ3v) is 15.4. The Kier molecular flexibility index (Phi) is 7.98. The molecule has 3 aliphatic heterocycles. The van der Waals surface area contributed by atoms with Crippen molar-refractivity contribution in [1.29, 1.82) is 0 Å². The van der Waals surface area contributed by atoms with Crippen molar-refractivity contribution in [2.75, 3.05) is 10.2 Å². The summed E-state index contributed by atoms with van der Waals surface area (Å²) in [5, 5.41) is 5.18. The van der Waals surface area contributed by atoms with Gasteiger partial charge in [-0.2, -0.15) is 0 Å². The van der Waals surface area contributed by atoms with Crippen LogP contribution < -0.4 is 10.2 Å². The zero-order valence-electron chi connectivity index (χ0n) is 33.1. The number of nitrogens with zero attached hydrogens (tertiary/aromatic N) is 3. The minimum Gasteiger partial charge on any atom is -0.342 e. The van der Waals surface area contributed by atoms with Crippen LogP contribution in [0.15, 0.2) is 168 Å². The average Bonchev–Trinajstić information content (AvgIpc) is 3.91. The Bertz CT molecular complexity index is 2720. The van der Waals surface area contributed by atoms with Crippen LogP contribution in [-0.4, -0.2) is 22.3 Å². The van der Waals surface area contributed by atoms with Gasteiger partial charge in [0.2, 0.25) is 0 Å². The topological polar surface area (TPSA) is 30.9 Å². The summed E-state index contributed by atoms with van der Waals surface area (Å²) in [5.41, 5.74) is 15.1. The molecule has 8 aliphatic rings. The molecular weight excluding hydrogens is 725 g/mol. The number of anilines is 3. The van der Waals surface area contributed by atoms with E-state index in [-0.39, 0.29) is 17.7 Å². The lowest BCUT2D eigenvalue weighted by Crippen LogP contribution is -2.49. The number of allylic oxidation sites excluding steroid dienone is 13. The second-order valence-electron chi connectivity index (χ2n) is 17.4. The van der Waals surface area contributed by atoms with E-state index in [1.54, 1.807) is 0 Å². The minimum atomic E-state index is -0.0928. The summed E-state index contributed by atoms with van der Waals surface area (Å²) in [5.74, 6) is 1.68. The highest BCUT2D eigenvalue weighted by Crippen LogP contribution is 2.59. The van der Waals surface area contributed by atoms with Crippen LogP contribution in [0, 0.1) is 5.92 Å². The fourth-order valence-corrected chi connectivity index (χ4v) is 12.5. The molecule has 0 spiro atoms. The molecule has 0 saturated heterocycles. The van der Waals surface area contributed by atoms with E-state index in [2.05, 4.69) is 168 Å². The van der Waals surface area contributed by atoms with E-state index in [0.717, 1.165) is 57.2 Å². The molecule has 5 aliphatic carbocycles. The Hall–Kier alpha value is -5.65. The molecule has 0 fully saturated rings. The highest BCUT2D eigenvalue weighted by molar-refractivity contribution is 7.20. The maximum absolute atomic E-state index is 5.71. The summed E-state index contributed by atoms with van der Waals surface area (Å²) in [6.45, 7) is 2.54. The Morgan fingerprint density at radius 3 is 2.48 bits per heavy atom. The first kappa shape index (κ1) is 34.4. The second-order valence-corrected chi connectivity index (χ2v) is 18.4. The number of thiophene rings is 1. The molecule has 5 heteroatoms. The van der Waals surface area contributed by atoms with Crippen molar-refractivity contribution in [3.63, 3.8) is 0 Å². The van der Waals surface area contributed by atoms with Crippen molar-refractivity contribution in [1.82, 2.24) is 4.90 Å². The molecule has 4 aromatic rings. The van der Waals surface area contributed by atoms with Crippen molar-refractivity contribution in [3.8, 4) is 0 Å². The number of fused-ring (bicyclic) bond motifs is 8. The molecule has 1 aromatic heterocycles. The molecule has 1 N–H and O–H groups in total. The molecule has 4 unspecified atom stereocenters. The van der Waals surface area contributed by atoms with Crippen LogP contribution in [0.5, 0.6) is 0 Å². The number of rotatable bonds is 5. The Morgan fingerprint density at radius 1 is 0.776 bits per heavy atom. The highest BCUT2D eigenvalue weighted by atomic mass is 32.1. The van der Waals surface area contributed by atoms with Gasteiger partial charge >= 0.3 is 0 Å². The zero-order chi connectivity index (χ0) is 38.4. The largest absolute Gasteiger partial charge is 0.342 e. The van der Waals surface area contributed by atoms with Gasteiger partial charge in [0.05, 0.1) is 22.1 Å². The standard InChI is InChI=1S/C53H48N4S/c1-53-30-29-38(37-27-28-41-40-21-8-11-24-45(40)56(47(41)33-37)39-20-14-19-36(31-39)34-15-4-2-5-16-34)32-44(53)42-22-9-12-25-46(42)57(53)52-50-49(43-23-10-13-26-48(43)58-50)54-51(55-52)35-17-6-3-7-18-35/h2-4,6,8-11,13-15,17,19-24,26-28,31-33,40,44-45,52H,5,7,12,16,18,25,29-30H2,1H3,(H,54,55)/t40?,44?,45?,52-,53?/m0/s1. The molecule has 3 aromatic carbocycles. The quantitative estimate of drug-likeness (QED) is 0.219. The number of hydrogen-bond acceptors (Lipinski definition) is 5. The van der Waals surface area contributed by atoms with Crippen LogP contribution in [0.3, 0.4) is 0 Å². The van der Waals surface area contributed by atoms with Crippen molar-refractivity contribution in [2.24, 2.45) is 10.9 Å². The average molecular weight is 773 g/mol. The Balaban J connectivity index is 0.947. The first-order chi connectivity index (χ1) is 28.6. The van der Waals surface area contributed by atoms with Gasteiger partial charge in [0.1, 0.15) is 5.84 Å². The molecule has 4 heterocycles. The number of hydrogen-bond donors (Lipinski definition) is 1. The molecule has 58 heavy (non-hydrogen) atoms. The van der Waals surface area contributed by atoms with Crippen LogP contribution in [0.1, 0.15) is 91.9 Å². The van der Waals surface area contributed by atoms with Gasteiger partial charge in [0.25, 0.3) is 0 Å². The van der Waals surface area contributed by atoms with Crippen molar-refractivity contribution in [2.45, 2.75) is 82.0 Å². The summed E-state index contributed by atoms with van der Waals surface area (Å²) in [7, 11) is 0. The van der Waals surface area contributed by atoms with E-state index < -0.39 is 0 Å². The fraction of sp³-hybridized carbons (Fsp3) is 0.264. The third kappa shape index (κ3) is 5.28. The van der Waals surface area contributed by atoms with E-state index in [0.29, 0.717) is 11.8 Å². The minimum absolute atomic E-state index is 0.0638. The normalized spacial score (nSPS) is 27.7. The van der Waals surface area contributed by atoms with Gasteiger partial charge in [-0.15, -0.1) is 11.3 Å². The van der Waals surface area contributed by atoms with E-state index in [4.69, 9.17) is 4.99 Å². The maximum Gasteiger partial charge on any atom is 0.161 e. The molecule has 4 nitrogen and oxygen atoms in total. The first-order valence-electron chi connectivity index (χ1n) is 21.5. The van der Waals surface area contributed by atoms with Crippen LogP contribution in [0.2, 0.25) is 0 Å². The van der Waals surface area contributed by atoms with Gasteiger partial charge in [0, 0.05) is 39.0 Å². The van der Waals surface area contributed by atoms with Crippen molar-refractivity contribution < 1.29 is 0 Å². The molecular formula is C53H48N4S. The molecule has 5 atom stereocenters. The number of aliphatic imine (C=N–C) groups is 1. The van der Waals surface area contributed by atoms with Gasteiger partial charge in [-0.1, -0.05) is 121 Å². The lowest BCUT2D eigenvalue weighted by Gasteiger charge is -2.48. The van der Waals surface area contributed by atoms with Gasteiger partial charge < -0.3 is 15.1 Å². The van der Waals surface area contributed by atoms with Gasteiger partial charge in [-0.3, -0.25) is 0 Å². The van der Waals surface area contributed by atoms with Crippen LogP contribution in [-0.2, 0) is 0 Å². The van der Waals surface area contributed by atoms with Gasteiger partial charge in [-0.25, -0.2) is 4.99 Å². The SMILES string of the molecule is CC12CCC(c3ccc4c(c3)N(c3cccc(C5=CC=CCC5)c3)C3C=CC=CC43)=CC1C1=C(CCC=C1)N2[C@@H]1N=C(C2=CC=CCC2)Nc2c1sc1ccccc21. The molecule has 0 saturated carbocycles. The monoisotopic (exact) mass is 772 g/mol. The number of benzene rings is 3. The second kappa shape index (κ2) is 13.5. The van der Waals surface area contributed by atoms with E-state index in [9.17, 15) is 0 Å². The van der Waals surface area contributed by atoms with E-state index in [1.807, 2.05) is 11.3 Å². The Labute approximate surface area is 346 Å². The summed E-state index contributed by atoms with van der Waals surface area (Å²) in [6, 6.07) is 25.9. The summed E-state index contributed by atoms with van der Waals surface area (Å²) < 4.78 is 1.33. The number of amidine groups is 1. The summed E-state index contributed by atoms with van der Waals surface area (Å²) in [4.78, 5) is 12.5. The zero-order valence-corrected chi connectivity index (χ0v) is 33.9. The number of nitrogens with one attached hydrogen (secondary N) is 1. The summed E-state index contributed by atoms with van der Waals surface area (Å²) >= 11 is 1.92. The predicted octanol–water partition coefficient (Wildman–Crippen LogP) is 13.6.